The number of benzene rings is 1. The van der Waals surface area contributed by atoms with Crippen LogP contribution in [0.25, 0.3) is 0 Å². The van der Waals surface area contributed by atoms with E-state index in [1.165, 1.54) is 25.7 Å². The van der Waals surface area contributed by atoms with Crippen LogP contribution in [0, 0.1) is 5.92 Å². The van der Waals surface area contributed by atoms with E-state index in [4.69, 9.17) is 5.73 Å². The van der Waals surface area contributed by atoms with Crippen LogP contribution in [-0.4, -0.2) is 9.55 Å². The van der Waals surface area contributed by atoms with Gasteiger partial charge >= 0.3 is 0 Å². The summed E-state index contributed by atoms with van der Waals surface area (Å²) in [6.07, 6.45) is 8.98. The lowest BCUT2D eigenvalue weighted by Gasteiger charge is -2.29. The molecule has 3 heteroatoms. The van der Waals surface area contributed by atoms with E-state index in [1.807, 2.05) is 30.7 Å². The van der Waals surface area contributed by atoms with Gasteiger partial charge in [0.1, 0.15) is 0 Å². The minimum absolute atomic E-state index is 0.0851. The first-order valence-corrected chi connectivity index (χ1v) is 7.58. The first-order valence-electron chi connectivity index (χ1n) is 7.58. The van der Waals surface area contributed by atoms with Gasteiger partial charge in [0.25, 0.3) is 0 Å². The lowest BCUT2D eigenvalue weighted by Crippen LogP contribution is -2.22. The molecule has 0 radical (unpaired) electrons. The van der Waals surface area contributed by atoms with E-state index in [0.29, 0.717) is 6.04 Å². The van der Waals surface area contributed by atoms with Crippen molar-refractivity contribution in [3.8, 4) is 0 Å². The summed E-state index contributed by atoms with van der Waals surface area (Å²) in [5, 5.41) is 0. The zero-order valence-corrected chi connectivity index (χ0v) is 12.1. The first-order chi connectivity index (χ1) is 9.75. The van der Waals surface area contributed by atoms with Gasteiger partial charge in [0.05, 0.1) is 24.3 Å². The fourth-order valence-electron chi connectivity index (χ4n) is 3.21. The van der Waals surface area contributed by atoms with Gasteiger partial charge in [-0.15, -0.1) is 0 Å². The molecule has 2 N–H and O–H groups in total. The molecule has 1 aromatic carbocycles. The number of hydrogen-bond acceptors (Lipinski definition) is 2. The summed E-state index contributed by atoms with van der Waals surface area (Å²) in [6.45, 7) is 2.35. The minimum Gasteiger partial charge on any atom is -0.330 e. The Bertz CT molecular complexity index is 538. The third-order valence-corrected chi connectivity index (χ3v) is 4.55. The van der Waals surface area contributed by atoms with Crippen molar-refractivity contribution in [1.82, 2.24) is 9.55 Å². The average molecular weight is 269 g/mol. The van der Waals surface area contributed by atoms with Crippen molar-refractivity contribution < 1.29 is 0 Å². The summed E-state index contributed by atoms with van der Waals surface area (Å²) in [7, 11) is 0. The number of imidazole rings is 1. The van der Waals surface area contributed by atoms with Crippen LogP contribution in [0.4, 0.5) is 0 Å². The first kappa shape index (κ1) is 13.4. The highest BCUT2D eigenvalue weighted by Crippen LogP contribution is 2.34. The van der Waals surface area contributed by atoms with E-state index in [0.717, 1.165) is 17.2 Å². The molecule has 2 aromatic rings. The summed E-state index contributed by atoms with van der Waals surface area (Å²) in [5.74, 6) is 0.862. The molecule has 1 aromatic heterocycles. The van der Waals surface area contributed by atoms with Crippen LogP contribution in [-0.2, 0) is 0 Å². The van der Waals surface area contributed by atoms with E-state index in [2.05, 4.69) is 28.6 Å². The second-order valence-corrected chi connectivity index (χ2v) is 6.03. The van der Waals surface area contributed by atoms with Gasteiger partial charge in [-0.1, -0.05) is 37.3 Å². The van der Waals surface area contributed by atoms with Gasteiger partial charge < -0.3 is 10.3 Å². The third-order valence-electron chi connectivity index (χ3n) is 4.55. The second-order valence-electron chi connectivity index (χ2n) is 6.03. The summed E-state index contributed by atoms with van der Waals surface area (Å²) >= 11 is 0. The molecule has 1 aliphatic rings. The summed E-state index contributed by atoms with van der Waals surface area (Å²) in [6, 6.07) is 10.8. The molecule has 0 spiro atoms. The number of nitrogens with zero attached hydrogens (tertiary/aromatic N) is 2. The SMILES string of the molecule is CC1CCC(n2cncc2C(N)c2ccccc2)CC1. The van der Waals surface area contributed by atoms with Crippen LogP contribution in [0.1, 0.15) is 55.9 Å². The molecular formula is C17H23N3. The van der Waals surface area contributed by atoms with Gasteiger partial charge in [-0.25, -0.2) is 4.98 Å². The Morgan fingerprint density at radius 3 is 2.55 bits per heavy atom. The van der Waals surface area contributed by atoms with Crippen LogP contribution in [0.3, 0.4) is 0 Å². The maximum absolute atomic E-state index is 6.43. The molecule has 106 valence electrons. The molecule has 0 saturated heterocycles. The van der Waals surface area contributed by atoms with E-state index in [-0.39, 0.29) is 6.04 Å². The van der Waals surface area contributed by atoms with Gasteiger partial charge in [-0.3, -0.25) is 0 Å². The Labute approximate surface area is 120 Å². The zero-order valence-electron chi connectivity index (χ0n) is 12.1. The zero-order chi connectivity index (χ0) is 13.9. The van der Waals surface area contributed by atoms with Crippen molar-refractivity contribution in [1.29, 1.82) is 0 Å². The van der Waals surface area contributed by atoms with Gasteiger partial charge in [-0.05, 0) is 37.2 Å². The molecule has 1 aliphatic carbocycles. The Hall–Kier alpha value is -1.61. The van der Waals surface area contributed by atoms with Crippen molar-refractivity contribution in [2.75, 3.05) is 0 Å². The molecule has 20 heavy (non-hydrogen) atoms. The molecule has 3 rings (SSSR count). The molecule has 1 atom stereocenters. The molecule has 1 unspecified atom stereocenters. The number of rotatable bonds is 3. The summed E-state index contributed by atoms with van der Waals surface area (Å²) in [5.41, 5.74) is 8.72. The van der Waals surface area contributed by atoms with Gasteiger partial charge in [0.15, 0.2) is 0 Å². The maximum atomic E-state index is 6.43. The quantitative estimate of drug-likeness (QED) is 0.923. The fourth-order valence-corrected chi connectivity index (χ4v) is 3.21. The highest BCUT2D eigenvalue weighted by atomic mass is 15.1. The highest BCUT2D eigenvalue weighted by Gasteiger charge is 2.23. The van der Waals surface area contributed by atoms with Crippen LogP contribution < -0.4 is 5.73 Å². The number of aromatic nitrogens is 2. The van der Waals surface area contributed by atoms with Crippen molar-refractivity contribution in [3.63, 3.8) is 0 Å². The lowest BCUT2D eigenvalue weighted by molar-refractivity contribution is 0.284. The van der Waals surface area contributed by atoms with Crippen LogP contribution in [0.2, 0.25) is 0 Å². The average Bonchev–Trinajstić information content (AvgIpc) is 2.97. The smallest absolute Gasteiger partial charge is 0.0951 e. The lowest BCUT2D eigenvalue weighted by atomic mass is 9.87. The summed E-state index contributed by atoms with van der Waals surface area (Å²) in [4.78, 5) is 4.35. The van der Waals surface area contributed by atoms with Gasteiger partial charge in [0.2, 0.25) is 0 Å². The molecule has 1 fully saturated rings. The molecule has 0 amide bonds. The standard InChI is InChI=1S/C17H23N3/c1-13-7-9-15(10-8-13)20-12-19-11-16(20)17(18)14-5-3-2-4-6-14/h2-6,11-13,15,17H,7-10,18H2,1H3. The molecule has 1 saturated carbocycles. The largest absolute Gasteiger partial charge is 0.330 e. The monoisotopic (exact) mass is 269 g/mol. The normalized spacial score (nSPS) is 24.5. The molecule has 3 nitrogen and oxygen atoms in total. The Balaban J connectivity index is 1.83. The van der Waals surface area contributed by atoms with Crippen molar-refractivity contribution in [3.05, 3.63) is 54.1 Å². The molecule has 0 aliphatic heterocycles. The Morgan fingerprint density at radius 1 is 1.15 bits per heavy atom. The molecular weight excluding hydrogens is 246 g/mol. The van der Waals surface area contributed by atoms with Crippen LogP contribution in [0.5, 0.6) is 0 Å². The topological polar surface area (TPSA) is 43.8 Å². The second kappa shape index (κ2) is 5.80. The molecule has 1 heterocycles. The third kappa shape index (κ3) is 2.63. The fraction of sp³-hybridized carbons (Fsp3) is 0.471. The van der Waals surface area contributed by atoms with E-state index in [9.17, 15) is 0 Å². The van der Waals surface area contributed by atoms with Crippen molar-refractivity contribution in [2.45, 2.75) is 44.7 Å². The predicted octanol–water partition coefficient (Wildman–Crippen LogP) is 3.68. The van der Waals surface area contributed by atoms with Gasteiger partial charge in [-0.2, -0.15) is 0 Å². The Kier molecular flexibility index (Phi) is 3.88. The van der Waals surface area contributed by atoms with Crippen molar-refractivity contribution in [2.24, 2.45) is 11.7 Å². The number of nitrogens with two attached hydrogens (primary N) is 1. The highest BCUT2D eigenvalue weighted by molar-refractivity contribution is 5.26. The maximum Gasteiger partial charge on any atom is 0.0951 e. The Morgan fingerprint density at radius 2 is 1.85 bits per heavy atom. The van der Waals surface area contributed by atoms with E-state index < -0.39 is 0 Å². The van der Waals surface area contributed by atoms with Crippen LogP contribution >= 0.6 is 0 Å². The minimum atomic E-state index is -0.0851. The van der Waals surface area contributed by atoms with Gasteiger partial charge in [0, 0.05) is 6.04 Å². The molecule has 0 bridgehead atoms. The van der Waals surface area contributed by atoms with Crippen molar-refractivity contribution >= 4 is 0 Å². The van der Waals surface area contributed by atoms with E-state index >= 15 is 0 Å². The summed E-state index contributed by atoms with van der Waals surface area (Å²) < 4.78 is 2.31. The van der Waals surface area contributed by atoms with Crippen LogP contribution in [0.15, 0.2) is 42.9 Å². The number of hydrogen-bond donors (Lipinski definition) is 1. The van der Waals surface area contributed by atoms with E-state index in [1.54, 1.807) is 0 Å². The predicted molar refractivity (Wildman–Crippen MR) is 81.4 cm³/mol.